The van der Waals surface area contributed by atoms with Crippen LogP contribution in [0.1, 0.15) is 38.3 Å². The van der Waals surface area contributed by atoms with E-state index in [-0.39, 0.29) is 6.61 Å². The SMILES string of the molecule is CCCC1=C(C(=O)OCC)[C@@H](c2cc(Cl)c(OC)c(OC)c2)NC(=S)N1. The molecule has 0 radical (unpaired) electrons. The topological polar surface area (TPSA) is 68.8 Å². The predicted molar refractivity (Wildman–Crippen MR) is 105 cm³/mol. The zero-order valence-electron chi connectivity index (χ0n) is 15.3. The summed E-state index contributed by atoms with van der Waals surface area (Å²) in [6.45, 7) is 4.09. The van der Waals surface area contributed by atoms with Crippen LogP contribution in [0, 0.1) is 0 Å². The quantitative estimate of drug-likeness (QED) is 0.538. The third kappa shape index (κ3) is 4.22. The Balaban J connectivity index is 2.60. The van der Waals surface area contributed by atoms with Crippen molar-refractivity contribution >= 4 is 34.9 Å². The molecule has 1 heterocycles. The van der Waals surface area contributed by atoms with Crippen LogP contribution >= 0.6 is 23.8 Å². The lowest BCUT2D eigenvalue weighted by Crippen LogP contribution is -2.45. The van der Waals surface area contributed by atoms with Crippen LogP contribution in [0.5, 0.6) is 11.5 Å². The molecule has 1 aliphatic rings. The van der Waals surface area contributed by atoms with E-state index in [1.807, 2.05) is 6.92 Å². The second-order valence-electron chi connectivity index (χ2n) is 5.63. The molecule has 2 rings (SSSR count). The molecule has 6 nitrogen and oxygen atoms in total. The Morgan fingerprint density at radius 3 is 2.58 bits per heavy atom. The summed E-state index contributed by atoms with van der Waals surface area (Å²) in [6, 6.07) is 3.01. The summed E-state index contributed by atoms with van der Waals surface area (Å²) in [5.41, 5.74) is 1.98. The van der Waals surface area contributed by atoms with E-state index >= 15 is 0 Å². The molecule has 1 aromatic carbocycles. The summed E-state index contributed by atoms with van der Waals surface area (Å²) in [6.07, 6.45) is 1.53. The molecule has 1 aromatic rings. The van der Waals surface area contributed by atoms with Crippen molar-refractivity contribution in [3.63, 3.8) is 0 Å². The van der Waals surface area contributed by atoms with Crippen molar-refractivity contribution < 1.29 is 19.0 Å². The Morgan fingerprint density at radius 1 is 1.27 bits per heavy atom. The van der Waals surface area contributed by atoms with Gasteiger partial charge in [-0.05, 0) is 43.3 Å². The summed E-state index contributed by atoms with van der Waals surface area (Å²) in [5, 5.41) is 7.04. The fraction of sp³-hybridized carbons (Fsp3) is 0.444. The highest BCUT2D eigenvalue weighted by molar-refractivity contribution is 7.80. The molecule has 0 aromatic heterocycles. The largest absolute Gasteiger partial charge is 0.493 e. The number of benzene rings is 1. The van der Waals surface area contributed by atoms with Crippen molar-refractivity contribution in [3.05, 3.63) is 34.0 Å². The fourth-order valence-corrected chi connectivity index (χ4v) is 3.41. The third-order valence-corrected chi connectivity index (χ3v) is 4.44. The molecule has 2 N–H and O–H groups in total. The lowest BCUT2D eigenvalue weighted by Gasteiger charge is -2.31. The van der Waals surface area contributed by atoms with Crippen LogP contribution in [-0.2, 0) is 9.53 Å². The van der Waals surface area contributed by atoms with Crippen LogP contribution < -0.4 is 20.1 Å². The van der Waals surface area contributed by atoms with Gasteiger partial charge in [0.05, 0.1) is 37.5 Å². The van der Waals surface area contributed by atoms with Crippen molar-refractivity contribution in [2.45, 2.75) is 32.7 Å². The first-order chi connectivity index (χ1) is 12.5. The number of carbonyl (C=O) groups excluding carboxylic acids is 1. The number of methoxy groups -OCH3 is 2. The van der Waals surface area contributed by atoms with Crippen LogP contribution in [-0.4, -0.2) is 31.9 Å². The summed E-state index contributed by atoms with van der Waals surface area (Å²) in [4.78, 5) is 12.6. The number of carbonyl (C=O) groups is 1. The Morgan fingerprint density at radius 2 is 2.00 bits per heavy atom. The predicted octanol–water partition coefficient (Wildman–Crippen LogP) is 3.49. The van der Waals surface area contributed by atoms with Crippen LogP contribution in [0.25, 0.3) is 0 Å². The minimum Gasteiger partial charge on any atom is -0.493 e. The molecule has 0 bridgehead atoms. The summed E-state index contributed by atoms with van der Waals surface area (Å²) >= 11 is 11.7. The Hall–Kier alpha value is -1.99. The Labute approximate surface area is 163 Å². The van der Waals surface area contributed by atoms with Gasteiger partial charge in [-0.15, -0.1) is 0 Å². The second kappa shape index (κ2) is 9.09. The third-order valence-electron chi connectivity index (χ3n) is 3.94. The summed E-state index contributed by atoms with van der Waals surface area (Å²) < 4.78 is 15.9. The van der Waals surface area contributed by atoms with Gasteiger partial charge in [-0.25, -0.2) is 4.79 Å². The zero-order valence-corrected chi connectivity index (χ0v) is 16.8. The van der Waals surface area contributed by atoms with Crippen molar-refractivity contribution in [1.29, 1.82) is 0 Å². The average Bonchev–Trinajstić information content (AvgIpc) is 2.60. The maximum Gasteiger partial charge on any atom is 0.338 e. The number of halogens is 1. The molecule has 0 saturated carbocycles. The van der Waals surface area contributed by atoms with Gasteiger partial charge in [0.15, 0.2) is 16.6 Å². The number of allylic oxidation sites excluding steroid dienone is 1. The van der Waals surface area contributed by atoms with Gasteiger partial charge in [-0.1, -0.05) is 24.9 Å². The second-order valence-corrected chi connectivity index (χ2v) is 6.45. The smallest absolute Gasteiger partial charge is 0.338 e. The Bertz CT molecular complexity index is 736. The number of hydrogen-bond acceptors (Lipinski definition) is 5. The minimum absolute atomic E-state index is 0.283. The van der Waals surface area contributed by atoms with Crippen molar-refractivity contribution in [2.75, 3.05) is 20.8 Å². The molecule has 0 amide bonds. The Kier molecular flexibility index (Phi) is 7.11. The van der Waals surface area contributed by atoms with Gasteiger partial charge in [-0.2, -0.15) is 0 Å². The molecule has 1 atom stereocenters. The lowest BCUT2D eigenvalue weighted by atomic mass is 9.93. The van der Waals surface area contributed by atoms with E-state index in [0.29, 0.717) is 33.6 Å². The molecule has 0 unspecified atom stereocenters. The van der Waals surface area contributed by atoms with Crippen LogP contribution in [0.2, 0.25) is 5.02 Å². The maximum absolute atomic E-state index is 12.6. The van der Waals surface area contributed by atoms with E-state index in [1.54, 1.807) is 19.1 Å². The highest BCUT2D eigenvalue weighted by Gasteiger charge is 2.33. The van der Waals surface area contributed by atoms with Crippen molar-refractivity contribution in [3.8, 4) is 11.5 Å². The van der Waals surface area contributed by atoms with Crippen molar-refractivity contribution in [1.82, 2.24) is 10.6 Å². The molecule has 0 saturated heterocycles. The van der Waals surface area contributed by atoms with E-state index in [1.165, 1.54) is 14.2 Å². The molecule has 0 spiro atoms. The molecular formula is C18H23ClN2O4S. The van der Waals surface area contributed by atoms with E-state index in [9.17, 15) is 4.79 Å². The fourth-order valence-electron chi connectivity index (χ4n) is 2.87. The van der Waals surface area contributed by atoms with Gasteiger partial charge >= 0.3 is 5.97 Å². The number of esters is 1. The molecule has 0 aliphatic carbocycles. The summed E-state index contributed by atoms with van der Waals surface area (Å²) in [7, 11) is 3.05. The molecule has 1 aliphatic heterocycles. The first kappa shape index (κ1) is 20.3. The van der Waals surface area contributed by atoms with Gasteiger partial charge < -0.3 is 24.8 Å². The molecule has 8 heteroatoms. The highest BCUT2D eigenvalue weighted by atomic mass is 35.5. The average molecular weight is 399 g/mol. The first-order valence-electron chi connectivity index (χ1n) is 8.35. The van der Waals surface area contributed by atoms with Crippen LogP contribution in [0.4, 0.5) is 0 Å². The minimum atomic E-state index is -0.498. The van der Waals surface area contributed by atoms with Gasteiger partial charge in [0.25, 0.3) is 0 Å². The lowest BCUT2D eigenvalue weighted by molar-refractivity contribution is -0.139. The van der Waals surface area contributed by atoms with E-state index in [0.717, 1.165) is 17.7 Å². The van der Waals surface area contributed by atoms with E-state index in [2.05, 4.69) is 10.6 Å². The molecule has 0 fully saturated rings. The maximum atomic E-state index is 12.6. The number of rotatable bonds is 7. The van der Waals surface area contributed by atoms with Gasteiger partial charge in [0, 0.05) is 5.70 Å². The number of thiocarbonyl (C=S) groups is 1. The molecule has 142 valence electrons. The van der Waals surface area contributed by atoms with Crippen molar-refractivity contribution in [2.24, 2.45) is 0 Å². The highest BCUT2D eigenvalue weighted by Crippen LogP contribution is 2.40. The van der Waals surface area contributed by atoms with E-state index < -0.39 is 12.0 Å². The van der Waals surface area contributed by atoms with Gasteiger partial charge in [0.2, 0.25) is 0 Å². The summed E-state index contributed by atoms with van der Waals surface area (Å²) in [5.74, 6) is 0.515. The number of nitrogens with one attached hydrogen (secondary N) is 2. The zero-order chi connectivity index (χ0) is 19.3. The molecule has 26 heavy (non-hydrogen) atoms. The first-order valence-corrected chi connectivity index (χ1v) is 9.14. The van der Waals surface area contributed by atoms with Crippen LogP contribution in [0.3, 0.4) is 0 Å². The number of hydrogen-bond donors (Lipinski definition) is 2. The molecular weight excluding hydrogens is 376 g/mol. The van der Waals surface area contributed by atoms with E-state index in [4.69, 9.17) is 38.0 Å². The van der Waals surface area contributed by atoms with Crippen LogP contribution in [0.15, 0.2) is 23.4 Å². The standard InChI is InChI=1S/C18H23ClN2O4S/c1-5-7-12-14(17(22)25-6-2)15(21-18(26)20-12)10-8-11(19)16(24-4)13(9-10)23-3/h8-9,15H,5-7H2,1-4H3,(H2,20,21,26)/t15-/m1/s1. The monoisotopic (exact) mass is 398 g/mol. The van der Waals surface area contributed by atoms with Gasteiger partial charge in [0.1, 0.15) is 0 Å². The van der Waals surface area contributed by atoms with Gasteiger partial charge in [-0.3, -0.25) is 0 Å². The number of ether oxygens (including phenoxy) is 3. The normalized spacial score (nSPS) is 16.7.